The van der Waals surface area contributed by atoms with Gasteiger partial charge in [-0.25, -0.2) is 0 Å². The standard InChI is InChI=1S/C30H33ClN2O2/c1-21(2)29(30(35)33-18-16-26(17-19-33)25-12-14-27(31)15-13-25)32-28(34)20-22-8-10-24(11-9-22)23-6-4-3-5-7-23/h3-15,21,26,29H,16-20H2,1-2H3,(H,32,34)/t29-/m1/s1. The van der Waals surface area contributed by atoms with E-state index in [9.17, 15) is 9.59 Å². The highest BCUT2D eigenvalue weighted by molar-refractivity contribution is 6.30. The summed E-state index contributed by atoms with van der Waals surface area (Å²) in [5, 5.41) is 3.75. The summed E-state index contributed by atoms with van der Waals surface area (Å²) in [5.41, 5.74) is 4.47. The molecule has 5 heteroatoms. The largest absolute Gasteiger partial charge is 0.344 e. The van der Waals surface area contributed by atoms with Gasteiger partial charge in [0.2, 0.25) is 11.8 Å². The van der Waals surface area contributed by atoms with E-state index in [-0.39, 0.29) is 24.2 Å². The molecular weight excluding hydrogens is 456 g/mol. The lowest BCUT2D eigenvalue weighted by Gasteiger charge is -2.35. The summed E-state index contributed by atoms with van der Waals surface area (Å²) >= 11 is 6.02. The lowest BCUT2D eigenvalue weighted by atomic mass is 9.89. The zero-order valence-corrected chi connectivity index (χ0v) is 21.2. The number of benzene rings is 3. The number of piperidine rings is 1. The van der Waals surface area contributed by atoms with Crippen LogP contribution in [0.25, 0.3) is 11.1 Å². The Hall–Kier alpha value is -3.11. The molecule has 1 heterocycles. The SMILES string of the molecule is CC(C)[C@@H](NC(=O)Cc1ccc(-c2ccccc2)cc1)C(=O)N1CCC(c2ccc(Cl)cc2)CC1. The van der Waals surface area contributed by atoms with Crippen molar-refractivity contribution < 1.29 is 9.59 Å². The topological polar surface area (TPSA) is 49.4 Å². The summed E-state index contributed by atoms with van der Waals surface area (Å²) in [6.45, 7) is 5.37. The fourth-order valence-electron chi connectivity index (χ4n) is 4.73. The van der Waals surface area contributed by atoms with Crippen LogP contribution < -0.4 is 5.32 Å². The Bertz CT molecular complexity index is 1120. The van der Waals surface area contributed by atoms with Gasteiger partial charge in [0.05, 0.1) is 6.42 Å². The van der Waals surface area contributed by atoms with E-state index in [2.05, 4.69) is 29.6 Å². The lowest BCUT2D eigenvalue weighted by Crippen LogP contribution is -2.53. The molecule has 0 aromatic heterocycles. The summed E-state index contributed by atoms with van der Waals surface area (Å²) in [6.07, 6.45) is 2.09. The number of likely N-dealkylation sites (tertiary alicyclic amines) is 1. The Balaban J connectivity index is 1.32. The van der Waals surface area contributed by atoms with Crippen LogP contribution in [-0.2, 0) is 16.0 Å². The highest BCUT2D eigenvalue weighted by atomic mass is 35.5. The predicted molar refractivity (Wildman–Crippen MR) is 142 cm³/mol. The molecular formula is C30H33ClN2O2. The van der Waals surface area contributed by atoms with E-state index >= 15 is 0 Å². The molecule has 1 saturated heterocycles. The van der Waals surface area contributed by atoms with E-state index in [1.165, 1.54) is 5.56 Å². The van der Waals surface area contributed by atoms with Gasteiger partial charge in [0.15, 0.2) is 0 Å². The molecule has 0 saturated carbocycles. The summed E-state index contributed by atoms with van der Waals surface area (Å²) in [4.78, 5) is 28.1. The highest BCUT2D eigenvalue weighted by Crippen LogP contribution is 2.29. The van der Waals surface area contributed by atoms with Crippen molar-refractivity contribution in [1.82, 2.24) is 10.2 Å². The van der Waals surface area contributed by atoms with Crippen molar-refractivity contribution in [2.24, 2.45) is 5.92 Å². The summed E-state index contributed by atoms with van der Waals surface area (Å²) in [7, 11) is 0. The van der Waals surface area contributed by atoms with Crippen molar-refractivity contribution >= 4 is 23.4 Å². The first-order valence-electron chi connectivity index (χ1n) is 12.4. The van der Waals surface area contributed by atoms with Crippen LogP contribution >= 0.6 is 11.6 Å². The second-order valence-corrected chi connectivity index (χ2v) is 10.1. The van der Waals surface area contributed by atoms with Crippen LogP contribution in [0.2, 0.25) is 5.02 Å². The van der Waals surface area contributed by atoms with Crippen LogP contribution in [0.5, 0.6) is 0 Å². The zero-order chi connectivity index (χ0) is 24.8. The van der Waals surface area contributed by atoms with Crippen LogP contribution in [0.15, 0.2) is 78.9 Å². The van der Waals surface area contributed by atoms with Crippen molar-refractivity contribution in [2.45, 2.75) is 45.1 Å². The first kappa shape index (κ1) is 25.0. The number of rotatable bonds is 7. The van der Waals surface area contributed by atoms with Crippen LogP contribution in [-0.4, -0.2) is 35.8 Å². The molecule has 1 fully saturated rings. The van der Waals surface area contributed by atoms with Crippen molar-refractivity contribution in [3.8, 4) is 11.1 Å². The molecule has 3 aromatic carbocycles. The van der Waals surface area contributed by atoms with Gasteiger partial charge in [-0.1, -0.05) is 92.2 Å². The maximum Gasteiger partial charge on any atom is 0.245 e. The third kappa shape index (κ3) is 6.52. The monoisotopic (exact) mass is 488 g/mol. The van der Waals surface area contributed by atoms with E-state index < -0.39 is 6.04 Å². The highest BCUT2D eigenvalue weighted by Gasteiger charge is 2.31. The van der Waals surface area contributed by atoms with Crippen LogP contribution in [0, 0.1) is 5.92 Å². The molecule has 0 bridgehead atoms. The van der Waals surface area contributed by atoms with Crippen molar-refractivity contribution in [3.63, 3.8) is 0 Å². The molecule has 0 aliphatic carbocycles. The van der Waals surface area contributed by atoms with Crippen LogP contribution in [0.3, 0.4) is 0 Å². The van der Waals surface area contributed by atoms with Crippen LogP contribution in [0.4, 0.5) is 0 Å². The zero-order valence-electron chi connectivity index (χ0n) is 20.4. The van der Waals surface area contributed by atoms with Crippen molar-refractivity contribution in [2.75, 3.05) is 13.1 Å². The average molecular weight is 489 g/mol. The molecule has 182 valence electrons. The van der Waals surface area contributed by atoms with Gasteiger partial charge in [-0.3, -0.25) is 9.59 Å². The molecule has 1 atom stereocenters. The Labute approximate surface area is 213 Å². The normalized spacial score (nSPS) is 15.1. The van der Waals surface area contributed by atoms with Crippen molar-refractivity contribution in [1.29, 1.82) is 0 Å². The van der Waals surface area contributed by atoms with Gasteiger partial charge in [-0.2, -0.15) is 0 Å². The van der Waals surface area contributed by atoms with Gasteiger partial charge in [0.1, 0.15) is 6.04 Å². The van der Waals surface area contributed by atoms with Gasteiger partial charge in [-0.15, -0.1) is 0 Å². The van der Waals surface area contributed by atoms with E-state index in [4.69, 9.17) is 11.6 Å². The van der Waals surface area contributed by atoms with Gasteiger partial charge in [-0.05, 0) is 59.1 Å². The summed E-state index contributed by atoms with van der Waals surface area (Å²) in [5.74, 6) is 0.339. The van der Waals surface area contributed by atoms with E-state index in [1.54, 1.807) is 0 Å². The molecule has 3 aromatic rings. The fourth-order valence-corrected chi connectivity index (χ4v) is 4.86. The Kier molecular flexibility index (Phi) is 8.25. The molecule has 4 nitrogen and oxygen atoms in total. The summed E-state index contributed by atoms with van der Waals surface area (Å²) in [6, 6.07) is 25.7. The Morgan fingerprint density at radius 3 is 2.09 bits per heavy atom. The maximum atomic E-state index is 13.3. The van der Waals surface area contributed by atoms with E-state index in [1.807, 2.05) is 73.3 Å². The number of amides is 2. The number of nitrogens with one attached hydrogen (secondary N) is 1. The first-order valence-corrected chi connectivity index (χ1v) is 12.8. The Morgan fingerprint density at radius 1 is 0.886 bits per heavy atom. The number of hydrogen-bond donors (Lipinski definition) is 1. The molecule has 1 aliphatic rings. The molecule has 2 amide bonds. The first-order chi connectivity index (χ1) is 16.9. The molecule has 1 N–H and O–H groups in total. The molecule has 0 unspecified atom stereocenters. The van der Waals surface area contributed by atoms with Gasteiger partial charge < -0.3 is 10.2 Å². The quantitative estimate of drug-likeness (QED) is 0.437. The minimum Gasteiger partial charge on any atom is -0.344 e. The predicted octanol–water partition coefficient (Wildman–Crippen LogP) is 6.10. The minimum atomic E-state index is -0.516. The second kappa shape index (κ2) is 11.5. The van der Waals surface area contributed by atoms with Gasteiger partial charge in [0.25, 0.3) is 0 Å². The number of hydrogen-bond acceptors (Lipinski definition) is 2. The lowest BCUT2D eigenvalue weighted by molar-refractivity contribution is -0.138. The summed E-state index contributed by atoms with van der Waals surface area (Å²) < 4.78 is 0. The number of halogens is 1. The number of carbonyl (C=O) groups is 2. The molecule has 4 rings (SSSR count). The molecule has 35 heavy (non-hydrogen) atoms. The minimum absolute atomic E-state index is 0.0147. The fraction of sp³-hybridized carbons (Fsp3) is 0.333. The maximum absolute atomic E-state index is 13.3. The third-order valence-electron chi connectivity index (χ3n) is 6.82. The third-order valence-corrected chi connectivity index (χ3v) is 7.07. The number of nitrogens with zero attached hydrogens (tertiary/aromatic N) is 1. The van der Waals surface area contributed by atoms with E-state index in [0.29, 0.717) is 19.0 Å². The smallest absolute Gasteiger partial charge is 0.245 e. The number of carbonyl (C=O) groups excluding carboxylic acids is 2. The Morgan fingerprint density at radius 2 is 1.49 bits per heavy atom. The van der Waals surface area contributed by atoms with Crippen molar-refractivity contribution in [3.05, 3.63) is 95.0 Å². The molecule has 1 aliphatic heterocycles. The molecule has 0 radical (unpaired) electrons. The van der Waals surface area contributed by atoms with Crippen LogP contribution in [0.1, 0.15) is 43.7 Å². The van der Waals surface area contributed by atoms with E-state index in [0.717, 1.165) is 34.6 Å². The second-order valence-electron chi connectivity index (χ2n) is 9.68. The average Bonchev–Trinajstić information content (AvgIpc) is 2.88. The van der Waals surface area contributed by atoms with Gasteiger partial charge >= 0.3 is 0 Å². The molecule has 0 spiro atoms. The van der Waals surface area contributed by atoms with Gasteiger partial charge in [0, 0.05) is 18.1 Å².